The van der Waals surface area contributed by atoms with Gasteiger partial charge in [0.1, 0.15) is 10.6 Å². The number of sulfone groups is 1. The van der Waals surface area contributed by atoms with Gasteiger partial charge in [-0.25, -0.2) is 8.42 Å². The van der Waals surface area contributed by atoms with Crippen molar-refractivity contribution in [3.05, 3.63) is 51.1 Å². The fraction of sp³-hybridized carbons (Fsp3) is 0.440. The van der Waals surface area contributed by atoms with Crippen molar-refractivity contribution in [1.29, 1.82) is 0 Å². The maximum absolute atomic E-state index is 13.3. The first-order valence-corrected chi connectivity index (χ1v) is 14.2. The van der Waals surface area contributed by atoms with Crippen molar-refractivity contribution in [1.82, 2.24) is 5.32 Å². The maximum atomic E-state index is 13.3. The number of hydrogen-bond donors (Lipinski definition) is 2. The Bertz CT molecular complexity index is 1420. The van der Waals surface area contributed by atoms with E-state index in [2.05, 4.69) is 17.6 Å². The van der Waals surface area contributed by atoms with E-state index in [0.717, 1.165) is 46.2 Å². The molecule has 5 rings (SSSR count). The average Bonchev–Trinajstić information content (AvgIpc) is 3.40. The number of benzene rings is 1. The molecule has 1 fully saturated rings. The van der Waals surface area contributed by atoms with Crippen molar-refractivity contribution in [2.75, 3.05) is 16.8 Å². The van der Waals surface area contributed by atoms with Gasteiger partial charge in [0, 0.05) is 21.9 Å². The minimum Gasteiger partial charge on any atom is -0.451 e. The van der Waals surface area contributed by atoms with Crippen LogP contribution in [0.4, 0.5) is 5.00 Å². The second-order valence-corrected chi connectivity index (χ2v) is 13.0. The smallest absolute Gasteiger partial charge is 0.292 e. The summed E-state index contributed by atoms with van der Waals surface area (Å²) in [5.41, 5.74) is 3.92. The predicted octanol–water partition coefficient (Wildman–Crippen LogP) is 4.41. The highest BCUT2D eigenvalue weighted by Gasteiger charge is 2.33. The molecule has 0 radical (unpaired) electrons. The lowest BCUT2D eigenvalue weighted by Crippen LogP contribution is -2.36. The van der Waals surface area contributed by atoms with Crippen molar-refractivity contribution < 1.29 is 22.4 Å². The van der Waals surface area contributed by atoms with Crippen molar-refractivity contribution in [2.24, 2.45) is 5.92 Å². The third-order valence-electron chi connectivity index (χ3n) is 6.83. The standard InChI is InChI=1S/C25H28N2O5S2/c1-13-5-7-19-18(10-13)15(3)22(32-19)24(29)27-25-21(17-6-4-14(2)11-20(17)33-25)23(28)26-16-8-9-34(30,31)12-16/h5,7,10,14,16H,4,6,8-9,11-12H2,1-3H3,(H,26,28)(H,27,29)/t14-,16-/m0/s1. The predicted molar refractivity (Wildman–Crippen MR) is 134 cm³/mol. The van der Waals surface area contributed by atoms with Crippen LogP contribution in [0.3, 0.4) is 0 Å². The molecule has 3 aromatic rings. The molecule has 2 aromatic heterocycles. The summed E-state index contributed by atoms with van der Waals surface area (Å²) in [4.78, 5) is 27.7. The fourth-order valence-corrected chi connectivity index (χ4v) is 8.03. The monoisotopic (exact) mass is 500 g/mol. The average molecular weight is 501 g/mol. The number of rotatable bonds is 4. The van der Waals surface area contributed by atoms with E-state index in [0.29, 0.717) is 28.5 Å². The third-order valence-corrected chi connectivity index (χ3v) is 9.77. The number of fused-ring (bicyclic) bond motifs is 2. The van der Waals surface area contributed by atoms with Gasteiger partial charge in [-0.2, -0.15) is 0 Å². The maximum Gasteiger partial charge on any atom is 0.292 e. The Hall–Kier alpha value is -2.65. The van der Waals surface area contributed by atoms with Gasteiger partial charge in [0.25, 0.3) is 11.8 Å². The number of carbonyl (C=O) groups is 2. The van der Waals surface area contributed by atoms with Crippen LogP contribution in [0.1, 0.15) is 62.2 Å². The molecule has 180 valence electrons. The van der Waals surface area contributed by atoms with Crippen molar-refractivity contribution >= 4 is 49.0 Å². The van der Waals surface area contributed by atoms with E-state index >= 15 is 0 Å². The molecule has 2 atom stereocenters. The van der Waals surface area contributed by atoms with Crippen LogP contribution in [0.25, 0.3) is 11.0 Å². The topological polar surface area (TPSA) is 105 Å². The number of nitrogens with one attached hydrogen (secondary N) is 2. The first kappa shape index (κ1) is 23.1. The summed E-state index contributed by atoms with van der Waals surface area (Å²) in [7, 11) is -3.11. The van der Waals surface area contributed by atoms with Crippen LogP contribution in [0, 0.1) is 19.8 Å². The van der Waals surface area contributed by atoms with E-state index in [-0.39, 0.29) is 23.2 Å². The molecule has 2 aliphatic rings. The summed E-state index contributed by atoms with van der Waals surface area (Å²) < 4.78 is 29.6. The van der Waals surface area contributed by atoms with Crippen molar-refractivity contribution in [3.63, 3.8) is 0 Å². The van der Waals surface area contributed by atoms with Gasteiger partial charge in [-0.05, 0) is 63.1 Å². The largest absolute Gasteiger partial charge is 0.451 e. The molecule has 0 saturated carbocycles. The number of amides is 2. The molecule has 0 spiro atoms. The number of thiophene rings is 1. The lowest BCUT2D eigenvalue weighted by Gasteiger charge is -2.19. The molecule has 1 aliphatic carbocycles. The second kappa shape index (κ2) is 8.53. The fourth-order valence-electron chi connectivity index (χ4n) is 4.96. The summed E-state index contributed by atoms with van der Waals surface area (Å²) >= 11 is 1.44. The van der Waals surface area contributed by atoms with Gasteiger partial charge in [0.05, 0.1) is 17.1 Å². The molecular formula is C25H28N2O5S2. The van der Waals surface area contributed by atoms with Crippen LogP contribution in [-0.2, 0) is 22.7 Å². The lowest BCUT2D eigenvalue weighted by molar-refractivity contribution is 0.0941. The van der Waals surface area contributed by atoms with Crippen LogP contribution in [0.5, 0.6) is 0 Å². The number of carbonyl (C=O) groups excluding carboxylic acids is 2. The van der Waals surface area contributed by atoms with Crippen LogP contribution in [0.2, 0.25) is 0 Å². The van der Waals surface area contributed by atoms with E-state index in [1.807, 2.05) is 32.0 Å². The quantitative estimate of drug-likeness (QED) is 0.552. The third kappa shape index (κ3) is 4.27. The van der Waals surface area contributed by atoms with Gasteiger partial charge in [-0.15, -0.1) is 11.3 Å². The van der Waals surface area contributed by atoms with E-state index < -0.39 is 21.8 Å². The van der Waals surface area contributed by atoms with Gasteiger partial charge in [-0.1, -0.05) is 18.6 Å². The molecule has 2 amide bonds. The summed E-state index contributed by atoms with van der Waals surface area (Å²) in [5.74, 6) is 0.0735. The van der Waals surface area contributed by atoms with Crippen LogP contribution in [0.15, 0.2) is 22.6 Å². The van der Waals surface area contributed by atoms with E-state index in [4.69, 9.17) is 4.42 Å². The Morgan fingerprint density at radius 1 is 1.15 bits per heavy atom. The first-order chi connectivity index (χ1) is 16.1. The first-order valence-electron chi connectivity index (χ1n) is 11.6. The number of hydrogen-bond acceptors (Lipinski definition) is 6. The van der Waals surface area contributed by atoms with E-state index in [1.54, 1.807) is 0 Å². The molecule has 1 aromatic carbocycles. The zero-order valence-electron chi connectivity index (χ0n) is 19.5. The van der Waals surface area contributed by atoms with Gasteiger partial charge in [0.2, 0.25) is 0 Å². The Morgan fingerprint density at radius 3 is 2.68 bits per heavy atom. The second-order valence-electron chi connectivity index (χ2n) is 9.64. The number of furan rings is 1. The van der Waals surface area contributed by atoms with Gasteiger partial charge < -0.3 is 15.1 Å². The molecule has 0 bridgehead atoms. The Morgan fingerprint density at radius 2 is 1.94 bits per heavy atom. The highest BCUT2D eigenvalue weighted by molar-refractivity contribution is 7.91. The van der Waals surface area contributed by atoms with E-state index in [1.165, 1.54) is 11.3 Å². The summed E-state index contributed by atoms with van der Waals surface area (Å²) in [6, 6.07) is 5.38. The molecule has 1 saturated heterocycles. The van der Waals surface area contributed by atoms with Crippen LogP contribution in [-0.4, -0.2) is 37.8 Å². The van der Waals surface area contributed by atoms with Gasteiger partial charge in [0.15, 0.2) is 15.6 Å². The van der Waals surface area contributed by atoms with Crippen molar-refractivity contribution in [3.8, 4) is 0 Å². The minimum absolute atomic E-state index is 0.0403. The molecule has 34 heavy (non-hydrogen) atoms. The summed E-state index contributed by atoms with van der Waals surface area (Å²) in [6.07, 6.45) is 3.00. The Labute approximate surface area is 202 Å². The highest BCUT2D eigenvalue weighted by Crippen LogP contribution is 2.40. The molecule has 7 nitrogen and oxygen atoms in total. The van der Waals surface area contributed by atoms with Crippen molar-refractivity contribution in [2.45, 2.75) is 52.5 Å². The van der Waals surface area contributed by atoms with Crippen LogP contribution >= 0.6 is 11.3 Å². The molecule has 2 N–H and O–H groups in total. The van der Waals surface area contributed by atoms with Crippen LogP contribution < -0.4 is 10.6 Å². The molecule has 3 heterocycles. The zero-order valence-corrected chi connectivity index (χ0v) is 21.1. The summed E-state index contributed by atoms with van der Waals surface area (Å²) in [6.45, 7) is 6.03. The zero-order chi connectivity index (χ0) is 24.2. The lowest BCUT2D eigenvalue weighted by atomic mass is 9.88. The molecule has 1 aliphatic heterocycles. The van der Waals surface area contributed by atoms with Gasteiger partial charge >= 0.3 is 0 Å². The Kier molecular flexibility index (Phi) is 5.80. The molecule has 9 heteroatoms. The number of anilines is 1. The minimum atomic E-state index is -3.11. The number of aryl methyl sites for hydroxylation is 2. The summed E-state index contributed by atoms with van der Waals surface area (Å²) in [5, 5.41) is 7.24. The van der Waals surface area contributed by atoms with E-state index in [9.17, 15) is 18.0 Å². The normalized spacial score (nSPS) is 21.4. The van der Waals surface area contributed by atoms with Gasteiger partial charge in [-0.3, -0.25) is 9.59 Å². The molecule has 0 unspecified atom stereocenters. The SMILES string of the molecule is Cc1ccc2oc(C(=O)Nc3sc4c(c3C(=O)N[C@H]3CCS(=O)(=O)C3)CC[C@H](C)C4)c(C)c2c1. The Balaban J connectivity index is 1.47. The highest BCUT2D eigenvalue weighted by atomic mass is 32.2. The molecular weight excluding hydrogens is 472 g/mol.